The molecule has 0 saturated carbocycles. The molecule has 1 aromatic rings. The first kappa shape index (κ1) is 25.1. The number of rotatable bonds is 9. The molecule has 0 spiro atoms. The van der Waals surface area contributed by atoms with Crippen LogP contribution in [-0.4, -0.2) is 51.6 Å². The van der Waals surface area contributed by atoms with Crippen molar-refractivity contribution in [1.29, 1.82) is 0 Å². The highest BCUT2D eigenvalue weighted by Gasteiger charge is 2.27. The minimum atomic E-state index is -4.29. The van der Waals surface area contributed by atoms with Crippen molar-refractivity contribution < 1.29 is 22.6 Å². The van der Waals surface area contributed by atoms with Crippen LogP contribution in [0.4, 0.5) is 13.2 Å². The fraction of sp³-hybridized carbons (Fsp3) is 0.562. The van der Waals surface area contributed by atoms with E-state index in [0.29, 0.717) is 36.2 Å². The van der Waals surface area contributed by atoms with E-state index in [-0.39, 0.29) is 36.7 Å². The van der Waals surface area contributed by atoms with Crippen molar-refractivity contribution in [3.8, 4) is 5.75 Å². The van der Waals surface area contributed by atoms with Crippen molar-refractivity contribution in [1.82, 2.24) is 10.6 Å². The molecule has 1 unspecified atom stereocenters. The summed E-state index contributed by atoms with van der Waals surface area (Å²) in [5.41, 5.74) is 0. The van der Waals surface area contributed by atoms with Gasteiger partial charge in [-0.15, -0.1) is 24.0 Å². The van der Waals surface area contributed by atoms with Gasteiger partial charge < -0.3 is 20.1 Å². The second kappa shape index (κ2) is 13.3. The van der Waals surface area contributed by atoms with E-state index in [4.69, 9.17) is 16.3 Å². The Morgan fingerprint density at radius 3 is 2.46 bits per heavy atom. The van der Waals surface area contributed by atoms with Crippen molar-refractivity contribution in [2.24, 2.45) is 4.99 Å². The van der Waals surface area contributed by atoms with Crippen LogP contribution in [0.15, 0.2) is 29.3 Å². The van der Waals surface area contributed by atoms with Crippen molar-refractivity contribution in [2.45, 2.75) is 25.6 Å². The molecule has 0 aliphatic rings. The largest absolute Gasteiger partial charge is 0.489 e. The minimum absolute atomic E-state index is 0. The van der Waals surface area contributed by atoms with Crippen LogP contribution in [0.3, 0.4) is 0 Å². The third-order valence-corrected chi connectivity index (χ3v) is 3.21. The van der Waals surface area contributed by atoms with Gasteiger partial charge in [-0.2, -0.15) is 13.2 Å². The molecule has 150 valence electrons. The number of benzene rings is 1. The van der Waals surface area contributed by atoms with E-state index >= 15 is 0 Å². The highest BCUT2D eigenvalue weighted by molar-refractivity contribution is 14.0. The minimum Gasteiger partial charge on any atom is -0.489 e. The molecule has 0 aromatic heterocycles. The molecular formula is C16H24ClF3IN3O2. The standard InChI is InChI=1S/C16H23ClF3N3O2.HI/c1-12(25-14-6-4-13(17)5-7-14)10-23-15(21-2)22-8-3-9-24-11-16(18,19)20;/h4-7,12H,3,8-11H2,1-2H3,(H2,21,22,23);1H. The molecule has 0 bridgehead atoms. The normalized spacial score (nSPS) is 12.9. The van der Waals surface area contributed by atoms with Crippen LogP contribution < -0.4 is 15.4 Å². The van der Waals surface area contributed by atoms with Gasteiger partial charge >= 0.3 is 6.18 Å². The summed E-state index contributed by atoms with van der Waals surface area (Å²) in [4.78, 5) is 4.04. The van der Waals surface area contributed by atoms with E-state index in [1.807, 2.05) is 6.92 Å². The van der Waals surface area contributed by atoms with Crippen LogP contribution in [0.5, 0.6) is 5.75 Å². The zero-order chi connectivity index (χ0) is 18.7. The number of guanidine groups is 1. The number of nitrogens with zero attached hydrogens (tertiary/aromatic N) is 1. The molecule has 10 heteroatoms. The topological polar surface area (TPSA) is 54.9 Å². The second-order valence-electron chi connectivity index (χ2n) is 5.28. The molecule has 5 nitrogen and oxygen atoms in total. The van der Waals surface area contributed by atoms with Gasteiger partial charge in [-0.05, 0) is 37.6 Å². The van der Waals surface area contributed by atoms with Crippen LogP contribution >= 0.6 is 35.6 Å². The smallest absolute Gasteiger partial charge is 0.411 e. The Balaban J connectivity index is 0.00000625. The molecule has 0 aliphatic carbocycles. The quantitative estimate of drug-likeness (QED) is 0.230. The number of nitrogens with one attached hydrogen (secondary N) is 2. The maximum atomic E-state index is 11.9. The summed E-state index contributed by atoms with van der Waals surface area (Å²) in [5.74, 6) is 1.26. The Morgan fingerprint density at radius 2 is 1.88 bits per heavy atom. The highest BCUT2D eigenvalue weighted by Crippen LogP contribution is 2.16. The Kier molecular flexibility index (Phi) is 12.8. The van der Waals surface area contributed by atoms with Crippen molar-refractivity contribution in [2.75, 3.05) is 33.4 Å². The number of hydrogen-bond donors (Lipinski definition) is 2. The number of ether oxygens (including phenoxy) is 2. The third kappa shape index (κ3) is 12.4. The Morgan fingerprint density at radius 1 is 1.23 bits per heavy atom. The number of alkyl halides is 3. The Bertz CT molecular complexity index is 530. The maximum Gasteiger partial charge on any atom is 0.411 e. The first-order valence-corrected chi connectivity index (χ1v) is 8.19. The van der Waals surface area contributed by atoms with Gasteiger partial charge in [0, 0.05) is 25.2 Å². The Labute approximate surface area is 173 Å². The molecule has 2 N–H and O–H groups in total. The van der Waals surface area contributed by atoms with E-state index in [1.165, 1.54) is 0 Å². The lowest BCUT2D eigenvalue weighted by Gasteiger charge is -2.18. The van der Waals surface area contributed by atoms with Crippen LogP contribution in [0.2, 0.25) is 5.02 Å². The predicted molar refractivity (Wildman–Crippen MR) is 108 cm³/mol. The lowest BCUT2D eigenvalue weighted by atomic mass is 10.3. The van der Waals surface area contributed by atoms with Crippen molar-refractivity contribution in [3.63, 3.8) is 0 Å². The van der Waals surface area contributed by atoms with E-state index in [9.17, 15) is 13.2 Å². The molecule has 0 heterocycles. The van der Waals surface area contributed by atoms with Crippen LogP contribution in [-0.2, 0) is 4.74 Å². The molecule has 1 rings (SSSR count). The number of aliphatic imine (C=N–C) groups is 1. The average Bonchev–Trinajstić information content (AvgIpc) is 2.54. The molecule has 0 radical (unpaired) electrons. The van der Waals surface area contributed by atoms with Crippen LogP contribution in [0.1, 0.15) is 13.3 Å². The van der Waals surface area contributed by atoms with E-state index < -0.39 is 12.8 Å². The molecule has 0 fully saturated rings. The van der Waals surface area contributed by atoms with E-state index in [2.05, 4.69) is 20.4 Å². The third-order valence-electron chi connectivity index (χ3n) is 2.96. The molecule has 1 aromatic carbocycles. The van der Waals surface area contributed by atoms with E-state index in [0.717, 1.165) is 0 Å². The lowest BCUT2D eigenvalue weighted by Crippen LogP contribution is -2.42. The molecular weight excluding hydrogens is 486 g/mol. The van der Waals surface area contributed by atoms with Gasteiger partial charge in [0.25, 0.3) is 0 Å². The molecule has 1 atom stereocenters. The summed E-state index contributed by atoms with van der Waals surface area (Å²) >= 11 is 5.82. The number of hydrogen-bond acceptors (Lipinski definition) is 3. The summed E-state index contributed by atoms with van der Waals surface area (Å²) in [5, 5.41) is 6.72. The second-order valence-corrected chi connectivity index (χ2v) is 5.72. The SMILES string of the molecule is CN=C(NCCCOCC(F)(F)F)NCC(C)Oc1ccc(Cl)cc1.I. The summed E-state index contributed by atoms with van der Waals surface area (Å²) in [6, 6.07) is 7.07. The zero-order valence-electron chi connectivity index (χ0n) is 14.6. The van der Waals surface area contributed by atoms with Gasteiger partial charge in [0.2, 0.25) is 0 Å². The zero-order valence-corrected chi connectivity index (χ0v) is 17.7. The monoisotopic (exact) mass is 509 g/mol. The number of halogens is 5. The van der Waals surface area contributed by atoms with Gasteiger partial charge in [0.15, 0.2) is 5.96 Å². The summed E-state index contributed by atoms with van der Waals surface area (Å²) in [7, 11) is 1.61. The van der Waals surface area contributed by atoms with Crippen LogP contribution in [0.25, 0.3) is 0 Å². The summed E-state index contributed by atoms with van der Waals surface area (Å²) in [6.45, 7) is 1.66. The van der Waals surface area contributed by atoms with Crippen LogP contribution in [0, 0.1) is 0 Å². The fourth-order valence-electron chi connectivity index (χ4n) is 1.82. The molecule has 0 saturated heterocycles. The van der Waals surface area contributed by atoms with E-state index in [1.54, 1.807) is 31.3 Å². The van der Waals surface area contributed by atoms with Crippen molar-refractivity contribution in [3.05, 3.63) is 29.3 Å². The van der Waals surface area contributed by atoms with Gasteiger partial charge in [-0.3, -0.25) is 4.99 Å². The lowest BCUT2D eigenvalue weighted by molar-refractivity contribution is -0.173. The van der Waals surface area contributed by atoms with Gasteiger partial charge in [0.1, 0.15) is 18.5 Å². The predicted octanol–water partition coefficient (Wildman–Crippen LogP) is 3.86. The molecule has 0 amide bonds. The first-order valence-electron chi connectivity index (χ1n) is 7.81. The fourth-order valence-corrected chi connectivity index (χ4v) is 1.94. The van der Waals surface area contributed by atoms with Gasteiger partial charge in [0.05, 0.1) is 6.54 Å². The van der Waals surface area contributed by atoms with Gasteiger partial charge in [-0.25, -0.2) is 0 Å². The summed E-state index contributed by atoms with van der Waals surface area (Å²) < 4.78 is 46.0. The highest BCUT2D eigenvalue weighted by atomic mass is 127. The Hall–Kier alpha value is -0.940. The van der Waals surface area contributed by atoms with Crippen molar-refractivity contribution >= 4 is 41.5 Å². The molecule has 26 heavy (non-hydrogen) atoms. The molecule has 0 aliphatic heterocycles. The maximum absolute atomic E-state index is 11.9. The van der Waals surface area contributed by atoms with Gasteiger partial charge in [-0.1, -0.05) is 11.6 Å². The first-order chi connectivity index (χ1) is 11.8. The summed E-state index contributed by atoms with van der Waals surface area (Å²) in [6.07, 6.45) is -3.96. The average molecular weight is 510 g/mol.